The number of nitrogens with zero attached hydrogens (tertiary/aromatic N) is 2. The molecule has 2 atom stereocenters. The summed E-state index contributed by atoms with van der Waals surface area (Å²) >= 11 is 0. The lowest BCUT2D eigenvalue weighted by atomic mass is 9.79. The van der Waals surface area contributed by atoms with Crippen LogP contribution >= 0.6 is 0 Å². The predicted octanol–water partition coefficient (Wildman–Crippen LogP) is 4.20. The molecule has 0 bridgehead atoms. The number of fused-ring (bicyclic) bond motifs is 1. The largest absolute Gasteiger partial charge is 0.443 e. The minimum Gasteiger partial charge on any atom is -0.443 e. The van der Waals surface area contributed by atoms with Crippen molar-refractivity contribution in [3.8, 4) is 0 Å². The van der Waals surface area contributed by atoms with Crippen molar-refractivity contribution >= 4 is 28.8 Å². The average Bonchev–Trinajstić information content (AvgIpc) is 3.44. The molecule has 1 N–H and O–H groups in total. The molecule has 3 aromatic rings. The monoisotopic (exact) mass is 459 g/mol. The SMILES string of the molecule is CC(C)(C)OC(=O)n1cc([C@@H]2CNC(=O)[C@@]23CCC(=O)N3Cc2ccccc2)c2ccccc21. The Hall–Kier alpha value is -3.61. The van der Waals surface area contributed by atoms with E-state index in [1.54, 1.807) is 11.1 Å². The minimum absolute atomic E-state index is 0.0261. The summed E-state index contributed by atoms with van der Waals surface area (Å²) in [7, 11) is 0. The van der Waals surface area contributed by atoms with Crippen LogP contribution in [0.3, 0.4) is 0 Å². The maximum absolute atomic E-state index is 13.4. The van der Waals surface area contributed by atoms with Gasteiger partial charge in [0.05, 0.1) is 5.52 Å². The van der Waals surface area contributed by atoms with Crippen molar-refractivity contribution in [2.45, 2.75) is 57.2 Å². The van der Waals surface area contributed by atoms with Crippen LogP contribution in [0, 0.1) is 0 Å². The maximum Gasteiger partial charge on any atom is 0.419 e. The molecule has 2 aromatic carbocycles. The van der Waals surface area contributed by atoms with Crippen LogP contribution in [0.2, 0.25) is 0 Å². The summed E-state index contributed by atoms with van der Waals surface area (Å²) in [5.41, 5.74) is 0.939. The van der Waals surface area contributed by atoms with Gasteiger partial charge in [0, 0.05) is 37.0 Å². The molecule has 34 heavy (non-hydrogen) atoms. The molecule has 2 fully saturated rings. The number of hydrogen-bond acceptors (Lipinski definition) is 4. The Labute approximate surface area is 198 Å². The van der Waals surface area contributed by atoms with Gasteiger partial charge >= 0.3 is 6.09 Å². The Kier molecular flexibility index (Phi) is 5.23. The highest BCUT2D eigenvalue weighted by molar-refractivity contribution is 6.00. The standard InChI is InChI=1S/C27H29N3O4/c1-26(2,3)34-25(33)29-17-20(19-11-7-8-12-22(19)29)21-15-28-24(32)27(21)14-13-23(31)30(27)16-18-9-5-4-6-10-18/h4-12,17,21H,13-16H2,1-3H3,(H,28,32)/t21-,27+/m0/s1. The van der Waals surface area contributed by atoms with E-state index in [1.165, 1.54) is 4.57 Å². The number of aromatic nitrogens is 1. The highest BCUT2D eigenvalue weighted by Gasteiger charge is 2.60. The van der Waals surface area contributed by atoms with E-state index in [4.69, 9.17) is 4.74 Å². The summed E-state index contributed by atoms with van der Waals surface area (Å²) in [5.74, 6) is -0.445. The summed E-state index contributed by atoms with van der Waals surface area (Å²) in [6.07, 6.45) is 2.09. The number of amides is 2. The van der Waals surface area contributed by atoms with Crippen molar-refractivity contribution in [3.05, 3.63) is 71.9 Å². The first-order valence-corrected chi connectivity index (χ1v) is 11.7. The van der Waals surface area contributed by atoms with E-state index in [0.717, 1.165) is 22.0 Å². The van der Waals surface area contributed by atoms with Gasteiger partial charge < -0.3 is 15.0 Å². The van der Waals surface area contributed by atoms with Gasteiger partial charge in [0.25, 0.3) is 0 Å². The number of carbonyl (C=O) groups is 3. The molecule has 7 heteroatoms. The molecule has 2 aliphatic rings. The second-order valence-corrected chi connectivity index (χ2v) is 10.1. The zero-order valence-electron chi connectivity index (χ0n) is 19.7. The fraction of sp³-hybridized carbons (Fsp3) is 0.370. The molecule has 176 valence electrons. The van der Waals surface area contributed by atoms with Crippen molar-refractivity contribution in [1.82, 2.24) is 14.8 Å². The first kappa shape index (κ1) is 22.2. The van der Waals surface area contributed by atoms with E-state index >= 15 is 0 Å². The number of likely N-dealkylation sites (tertiary alicyclic amines) is 1. The van der Waals surface area contributed by atoms with Crippen molar-refractivity contribution in [2.24, 2.45) is 0 Å². The molecule has 1 spiro atoms. The van der Waals surface area contributed by atoms with Crippen molar-refractivity contribution < 1.29 is 19.1 Å². The third kappa shape index (κ3) is 3.56. The van der Waals surface area contributed by atoms with E-state index in [1.807, 2.05) is 75.4 Å². The van der Waals surface area contributed by atoms with Crippen LogP contribution in [0.1, 0.15) is 50.7 Å². The van der Waals surface area contributed by atoms with Crippen molar-refractivity contribution in [1.29, 1.82) is 0 Å². The number of hydrogen-bond donors (Lipinski definition) is 1. The van der Waals surface area contributed by atoms with Crippen LogP contribution in [0.4, 0.5) is 4.79 Å². The van der Waals surface area contributed by atoms with Gasteiger partial charge in [-0.2, -0.15) is 0 Å². The second kappa shape index (κ2) is 8.01. The third-order valence-corrected chi connectivity index (χ3v) is 6.83. The van der Waals surface area contributed by atoms with E-state index in [9.17, 15) is 14.4 Å². The summed E-state index contributed by atoms with van der Waals surface area (Å²) < 4.78 is 7.16. The van der Waals surface area contributed by atoms with Crippen LogP contribution in [0.5, 0.6) is 0 Å². The highest BCUT2D eigenvalue weighted by atomic mass is 16.6. The Bertz CT molecular complexity index is 1270. The summed E-state index contributed by atoms with van der Waals surface area (Å²) in [6.45, 7) is 6.26. The predicted molar refractivity (Wildman–Crippen MR) is 128 cm³/mol. The maximum atomic E-state index is 13.4. The molecule has 2 amide bonds. The van der Waals surface area contributed by atoms with Crippen LogP contribution in [0.15, 0.2) is 60.8 Å². The highest BCUT2D eigenvalue weighted by Crippen LogP contribution is 2.47. The van der Waals surface area contributed by atoms with Crippen molar-refractivity contribution in [3.63, 3.8) is 0 Å². The minimum atomic E-state index is -0.990. The van der Waals surface area contributed by atoms with Gasteiger partial charge in [-0.3, -0.25) is 14.2 Å². The lowest BCUT2D eigenvalue weighted by molar-refractivity contribution is -0.140. The summed E-state index contributed by atoms with van der Waals surface area (Å²) in [6, 6.07) is 17.4. The Morgan fingerprint density at radius 3 is 2.53 bits per heavy atom. The van der Waals surface area contributed by atoms with E-state index in [2.05, 4.69) is 5.32 Å². The molecular weight excluding hydrogens is 430 g/mol. The smallest absolute Gasteiger partial charge is 0.419 e. The number of ether oxygens (including phenoxy) is 1. The molecule has 5 rings (SSSR count). The molecule has 7 nitrogen and oxygen atoms in total. The van der Waals surface area contributed by atoms with Gasteiger partial charge in [-0.1, -0.05) is 48.5 Å². The fourth-order valence-corrected chi connectivity index (χ4v) is 5.37. The van der Waals surface area contributed by atoms with Gasteiger partial charge in [-0.05, 0) is 44.4 Å². The van der Waals surface area contributed by atoms with Gasteiger partial charge in [0.1, 0.15) is 11.1 Å². The number of nitrogens with one attached hydrogen (secondary N) is 1. The van der Waals surface area contributed by atoms with Gasteiger partial charge in [0.2, 0.25) is 11.8 Å². The van der Waals surface area contributed by atoms with E-state index in [0.29, 0.717) is 25.9 Å². The molecule has 0 radical (unpaired) electrons. The zero-order valence-corrected chi connectivity index (χ0v) is 19.7. The number of benzene rings is 2. The fourth-order valence-electron chi connectivity index (χ4n) is 5.37. The van der Waals surface area contributed by atoms with Crippen LogP contribution in [0.25, 0.3) is 10.9 Å². The lowest BCUT2D eigenvalue weighted by Crippen LogP contribution is -2.53. The second-order valence-electron chi connectivity index (χ2n) is 10.1. The number of carbonyl (C=O) groups excluding carboxylic acids is 3. The topological polar surface area (TPSA) is 80.6 Å². The van der Waals surface area contributed by atoms with Gasteiger partial charge in [-0.15, -0.1) is 0 Å². The molecular formula is C27H29N3O4. The quantitative estimate of drug-likeness (QED) is 0.637. The van der Waals surface area contributed by atoms with Gasteiger partial charge in [-0.25, -0.2) is 4.79 Å². The molecule has 3 heterocycles. The normalized spacial score (nSPS) is 22.6. The van der Waals surface area contributed by atoms with E-state index < -0.39 is 17.2 Å². The van der Waals surface area contributed by atoms with E-state index in [-0.39, 0.29) is 17.7 Å². The molecule has 0 aliphatic carbocycles. The van der Waals surface area contributed by atoms with Crippen LogP contribution in [-0.4, -0.2) is 45.1 Å². The zero-order chi connectivity index (χ0) is 24.1. The van der Waals surface area contributed by atoms with Crippen LogP contribution < -0.4 is 5.32 Å². The lowest BCUT2D eigenvalue weighted by Gasteiger charge is -2.37. The first-order chi connectivity index (χ1) is 16.2. The molecule has 2 aliphatic heterocycles. The van der Waals surface area contributed by atoms with Crippen LogP contribution in [-0.2, 0) is 20.9 Å². The Morgan fingerprint density at radius 1 is 1.09 bits per heavy atom. The van der Waals surface area contributed by atoms with Gasteiger partial charge in [0.15, 0.2) is 0 Å². The molecule has 2 saturated heterocycles. The first-order valence-electron chi connectivity index (χ1n) is 11.7. The number of rotatable bonds is 3. The molecule has 0 saturated carbocycles. The number of para-hydroxylation sites is 1. The summed E-state index contributed by atoms with van der Waals surface area (Å²) in [5, 5.41) is 3.90. The average molecular weight is 460 g/mol. The Morgan fingerprint density at radius 2 is 1.79 bits per heavy atom. The molecule has 1 aromatic heterocycles. The molecule has 0 unspecified atom stereocenters. The third-order valence-electron chi connectivity index (χ3n) is 6.83. The summed E-state index contributed by atoms with van der Waals surface area (Å²) in [4.78, 5) is 41.2. The van der Waals surface area contributed by atoms with Crippen molar-refractivity contribution in [2.75, 3.05) is 6.54 Å². The Balaban J connectivity index is 1.61.